The van der Waals surface area contributed by atoms with Gasteiger partial charge >= 0.3 is 0 Å². The molecule has 0 saturated heterocycles. The average Bonchev–Trinajstić information content (AvgIpc) is 1.65. The molecule has 1 unspecified atom stereocenters. The molecular weight excluding hydrogens is 170 g/mol. The first-order valence-corrected chi connectivity index (χ1v) is 2.39. The van der Waals surface area contributed by atoms with Gasteiger partial charge in [-0.2, -0.15) is 12.6 Å². The standard InChI is InChI=1S/C3H7NO2S.Fe/c4-2(1-7)3(5)6;/h2,7H,1,4H2,(H,5,6);/p-1. The SMILES string of the molecule is NC(CS)C(=O)[O-].[Fe]. The molecule has 5 heteroatoms. The van der Waals surface area contributed by atoms with Crippen molar-refractivity contribution in [2.24, 2.45) is 5.73 Å². The van der Waals surface area contributed by atoms with E-state index in [-0.39, 0.29) is 22.8 Å². The van der Waals surface area contributed by atoms with Gasteiger partial charge in [0.25, 0.3) is 0 Å². The number of hydrogen-bond donors (Lipinski definition) is 2. The third kappa shape index (κ3) is 4.46. The minimum absolute atomic E-state index is 0. The summed E-state index contributed by atoms with van der Waals surface area (Å²) >= 11 is 3.61. The van der Waals surface area contributed by atoms with Crippen LogP contribution < -0.4 is 10.8 Å². The Bertz CT molecular complexity index is 79.7. The molecule has 0 aromatic carbocycles. The summed E-state index contributed by atoms with van der Waals surface area (Å²) in [5.41, 5.74) is 4.88. The molecule has 0 radical (unpaired) electrons. The number of nitrogens with two attached hydrogens (primary N) is 1. The summed E-state index contributed by atoms with van der Waals surface area (Å²) in [7, 11) is 0. The molecule has 0 fully saturated rings. The van der Waals surface area contributed by atoms with Gasteiger partial charge < -0.3 is 15.6 Å². The molecule has 8 heavy (non-hydrogen) atoms. The van der Waals surface area contributed by atoms with E-state index < -0.39 is 12.0 Å². The number of carboxylic acid groups (broad SMARTS) is 1. The maximum atomic E-state index is 9.65. The zero-order valence-electron chi connectivity index (χ0n) is 3.98. The fraction of sp³-hybridized carbons (Fsp3) is 0.667. The molecule has 0 aliphatic heterocycles. The van der Waals surface area contributed by atoms with E-state index in [2.05, 4.69) is 12.6 Å². The third-order valence-electron chi connectivity index (χ3n) is 0.499. The minimum Gasteiger partial charge on any atom is -0.548 e. The Morgan fingerprint density at radius 3 is 2.25 bits per heavy atom. The molecule has 0 aliphatic rings. The van der Waals surface area contributed by atoms with Crippen LogP contribution >= 0.6 is 12.6 Å². The summed E-state index contributed by atoms with van der Waals surface area (Å²) in [6, 6.07) is -0.927. The van der Waals surface area contributed by atoms with Crippen LogP contribution in [-0.2, 0) is 21.9 Å². The van der Waals surface area contributed by atoms with Crippen LogP contribution in [0.3, 0.4) is 0 Å². The van der Waals surface area contributed by atoms with Crippen LogP contribution in [0.1, 0.15) is 0 Å². The van der Waals surface area contributed by atoms with Crippen molar-refractivity contribution in [1.29, 1.82) is 0 Å². The first kappa shape index (κ1) is 11.1. The Morgan fingerprint density at radius 2 is 2.25 bits per heavy atom. The van der Waals surface area contributed by atoms with E-state index in [1.807, 2.05) is 0 Å². The van der Waals surface area contributed by atoms with Gasteiger partial charge in [-0.15, -0.1) is 0 Å². The number of thiol groups is 1. The summed E-state index contributed by atoms with van der Waals surface area (Å²) in [6.07, 6.45) is 0. The summed E-state index contributed by atoms with van der Waals surface area (Å²) < 4.78 is 0. The maximum Gasteiger partial charge on any atom is 0.0590 e. The quantitative estimate of drug-likeness (QED) is 0.377. The Morgan fingerprint density at radius 1 is 1.88 bits per heavy atom. The number of rotatable bonds is 2. The second-order valence-electron chi connectivity index (χ2n) is 1.11. The van der Waals surface area contributed by atoms with Crippen molar-refractivity contribution < 1.29 is 27.0 Å². The third-order valence-corrected chi connectivity index (χ3v) is 0.893. The van der Waals surface area contributed by atoms with Crippen molar-refractivity contribution in [3.8, 4) is 0 Å². The summed E-state index contributed by atoms with van der Waals surface area (Å²) in [4.78, 5) is 9.65. The zero-order chi connectivity index (χ0) is 5.86. The van der Waals surface area contributed by atoms with Crippen molar-refractivity contribution in [3.05, 3.63) is 0 Å². The first-order chi connectivity index (χ1) is 3.18. The second-order valence-corrected chi connectivity index (χ2v) is 1.47. The van der Waals surface area contributed by atoms with Crippen LogP contribution in [0, 0.1) is 0 Å². The molecule has 0 aromatic heterocycles. The zero-order valence-corrected chi connectivity index (χ0v) is 5.98. The van der Waals surface area contributed by atoms with Crippen LogP contribution in [-0.4, -0.2) is 17.8 Å². The van der Waals surface area contributed by atoms with E-state index >= 15 is 0 Å². The molecule has 0 rings (SSSR count). The maximum absolute atomic E-state index is 9.65. The van der Waals surface area contributed by atoms with Crippen LogP contribution in [0.2, 0.25) is 0 Å². The molecule has 1 atom stereocenters. The van der Waals surface area contributed by atoms with Gasteiger partial charge in [0.2, 0.25) is 0 Å². The van der Waals surface area contributed by atoms with Crippen molar-refractivity contribution >= 4 is 18.6 Å². The van der Waals surface area contributed by atoms with Gasteiger partial charge in [0.05, 0.1) is 12.0 Å². The molecular formula is C3H6FeNO2S-. The predicted octanol–water partition coefficient (Wildman–Crippen LogP) is -2.01. The molecule has 0 aromatic rings. The number of aliphatic carboxylic acids is 1. The van der Waals surface area contributed by atoms with Crippen molar-refractivity contribution in [2.45, 2.75) is 6.04 Å². The Hall–Kier alpha value is 0.299. The predicted molar refractivity (Wildman–Crippen MR) is 26.8 cm³/mol. The number of hydrogen-bond acceptors (Lipinski definition) is 4. The van der Waals surface area contributed by atoms with E-state index in [9.17, 15) is 9.90 Å². The Labute approximate surface area is 63.5 Å². The molecule has 0 heterocycles. The van der Waals surface area contributed by atoms with E-state index in [0.717, 1.165) is 0 Å². The van der Waals surface area contributed by atoms with Crippen LogP contribution in [0.15, 0.2) is 0 Å². The normalized spacial score (nSPS) is 11.8. The largest absolute Gasteiger partial charge is 0.548 e. The molecule has 0 aliphatic carbocycles. The van der Waals surface area contributed by atoms with Crippen LogP contribution in [0.4, 0.5) is 0 Å². The van der Waals surface area contributed by atoms with Gasteiger partial charge in [0.1, 0.15) is 0 Å². The summed E-state index contributed by atoms with van der Waals surface area (Å²) in [6.45, 7) is 0. The molecule has 0 saturated carbocycles. The van der Waals surface area contributed by atoms with Crippen LogP contribution in [0.25, 0.3) is 0 Å². The smallest absolute Gasteiger partial charge is 0.0590 e. The topological polar surface area (TPSA) is 66.2 Å². The fourth-order valence-corrected chi connectivity index (χ4v) is 0.224. The van der Waals surface area contributed by atoms with E-state index in [0.29, 0.717) is 0 Å². The van der Waals surface area contributed by atoms with Crippen molar-refractivity contribution in [3.63, 3.8) is 0 Å². The first-order valence-electron chi connectivity index (χ1n) is 1.75. The summed E-state index contributed by atoms with van der Waals surface area (Å²) in [5, 5.41) is 9.65. The number of carbonyl (C=O) groups excluding carboxylic acids is 1. The van der Waals surface area contributed by atoms with E-state index in [1.54, 1.807) is 0 Å². The summed E-state index contributed by atoms with van der Waals surface area (Å²) in [5.74, 6) is -1.13. The van der Waals surface area contributed by atoms with Crippen molar-refractivity contribution in [2.75, 3.05) is 5.75 Å². The number of carboxylic acids is 1. The van der Waals surface area contributed by atoms with Gasteiger partial charge in [-0.05, 0) is 0 Å². The minimum atomic E-state index is -1.25. The fourth-order valence-electron chi connectivity index (χ4n) is 0.0745. The molecule has 50 valence electrons. The molecule has 0 amide bonds. The molecule has 0 bridgehead atoms. The van der Waals surface area contributed by atoms with Gasteiger partial charge in [-0.1, -0.05) is 0 Å². The number of carbonyl (C=O) groups is 1. The van der Waals surface area contributed by atoms with E-state index in [4.69, 9.17) is 5.73 Å². The van der Waals surface area contributed by atoms with Gasteiger partial charge in [-0.3, -0.25) is 0 Å². The Kier molecular flexibility index (Phi) is 7.57. The molecule has 2 N–H and O–H groups in total. The van der Waals surface area contributed by atoms with Gasteiger partial charge in [-0.25, -0.2) is 0 Å². The van der Waals surface area contributed by atoms with Gasteiger partial charge in [0, 0.05) is 22.8 Å². The molecule has 3 nitrogen and oxygen atoms in total. The van der Waals surface area contributed by atoms with Gasteiger partial charge in [0.15, 0.2) is 0 Å². The second kappa shape index (κ2) is 5.44. The monoisotopic (exact) mass is 176 g/mol. The van der Waals surface area contributed by atoms with Crippen LogP contribution in [0.5, 0.6) is 0 Å². The van der Waals surface area contributed by atoms with E-state index in [1.165, 1.54) is 0 Å². The van der Waals surface area contributed by atoms with Crippen molar-refractivity contribution in [1.82, 2.24) is 0 Å². The molecule has 0 spiro atoms. The average molecular weight is 176 g/mol. The Balaban J connectivity index is 0.